The predicted molar refractivity (Wildman–Crippen MR) is 120 cm³/mol. The van der Waals surface area contributed by atoms with Crippen molar-refractivity contribution >= 4 is 29.7 Å². The number of H-pyrrole nitrogens is 1. The van der Waals surface area contributed by atoms with Crippen LogP contribution in [0.4, 0.5) is 0 Å². The monoisotopic (exact) mass is 467 g/mol. The Morgan fingerprint density at radius 1 is 1.15 bits per heavy atom. The number of aromatic nitrogens is 2. The lowest BCUT2D eigenvalue weighted by Gasteiger charge is -2.26. The van der Waals surface area contributed by atoms with Gasteiger partial charge in [-0.2, -0.15) is 0 Å². The first-order valence-electron chi connectivity index (χ1n) is 10.4. The van der Waals surface area contributed by atoms with Gasteiger partial charge < -0.3 is 43.2 Å². The number of nitrogens with one attached hydrogen (secondary N) is 4. The summed E-state index contributed by atoms with van der Waals surface area (Å²) in [5, 5.41) is 16.2. The molecule has 0 saturated heterocycles. The van der Waals surface area contributed by atoms with Crippen LogP contribution in [0.3, 0.4) is 0 Å². The molecule has 3 atom stereocenters. The molecule has 0 aliphatic carbocycles. The van der Waals surface area contributed by atoms with Crippen LogP contribution in [0.25, 0.3) is 0 Å². The molecule has 0 aliphatic heterocycles. The minimum atomic E-state index is -1.23. The fraction of sp³-hybridized carbons (Fsp3) is 0.579. The fourth-order valence-corrected chi connectivity index (χ4v) is 2.82. The summed E-state index contributed by atoms with van der Waals surface area (Å²) >= 11 is 0. The molecule has 1 heterocycles. The molecule has 0 radical (unpaired) electrons. The van der Waals surface area contributed by atoms with Crippen molar-refractivity contribution in [3.8, 4) is 0 Å². The number of hydrogen-bond acceptors (Lipinski definition) is 7. The van der Waals surface area contributed by atoms with Gasteiger partial charge in [0.25, 0.3) is 0 Å². The number of aliphatic imine (C=N–C) groups is 1. The van der Waals surface area contributed by atoms with Gasteiger partial charge in [-0.25, -0.2) is 4.98 Å². The number of nitrogens with two attached hydrogens (primary N) is 3. The molecule has 3 unspecified atom stereocenters. The summed E-state index contributed by atoms with van der Waals surface area (Å²) in [4.78, 5) is 59.2. The van der Waals surface area contributed by atoms with Gasteiger partial charge in [0.1, 0.15) is 18.6 Å². The first-order chi connectivity index (χ1) is 15.5. The maximum atomic E-state index is 12.9. The van der Waals surface area contributed by atoms with Gasteiger partial charge in [-0.15, -0.1) is 0 Å². The van der Waals surface area contributed by atoms with Crippen molar-refractivity contribution in [3.63, 3.8) is 0 Å². The summed E-state index contributed by atoms with van der Waals surface area (Å²) in [5.74, 6) is -3.43. The standard InChI is InChI=1S/C19H33N9O5/c1-10(2)15(28-16(31)12(20)4-3-5-24-19(21)22)18(33)27-13(6-11-7-23-9-26-11)17(32)25-8-14(29)30/h7,9-10,12-13,15H,3-6,8,20H2,1-2H3,(H,23,26)(H,25,32)(H,27,33)(H,28,31)(H,29,30)(H4,21,22,24). The number of carbonyl (C=O) groups is 4. The maximum Gasteiger partial charge on any atom is 0.322 e. The average Bonchev–Trinajstić information content (AvgIpc) is 3.25. The smallest absolute Gasteiger partial charge is 0.322 e. The Bertz CT molecular complexity index is 822. The molecule has 0 fully saturated rings. The van der Waals surface area contributed by atoms with Gasteiger partial charge in [0, 0.05) is 24.9 Å². The molecule has 33 heavy (non-hydrogen) atoms. The number of imidazole rings is 1. The molecule has 14 nitrogen and oxygen atoms in total. The number of carboxylic acids is 1. The summed E-state index contributed by atoms with van der Waals surface area (Å²) in [6.07, 6.45) is 3.71. The van der Waals surface area contributed by atoms with Gasteiger partial charge in [-0.1, -0.05) is 13.8 Å². The van der Waals surface area contributed by atoms with Gasteiger partial charge in [-0.05, 0) is 18.8 Å². The average molecular weight is 468 g/mol. The Balaban J connectivity index is 2.80. The summed E-state index contributed by atoms with van der Waals surface area (Å²) in [7, 11) is 0. The van der Waals surface area contributed by atoms with Crippen LogP contribution in [0, 0.1) is 5.92 Å². The fourth-order valence-electron chi connectivity index (χ4n) is 2.82. The van der Waals surface area contributed by atoms with E-state index in [1.54, 1.807) is 13.8 Å². The van der Waals surface area contributed by atoms with Crippen molar-refractivity contribution in [1.29, 1.82) is 0 Å². The molecule has 0 aromatic carbocycles. The van der Waals surface area contributed by atoms with Crippen molar-refractivity contribution in [2.45, 2.75) is 51.2 Å². The summed E-state index contributed by atoms with van der Waals surface area (Å²) in [6, 6.07) is -2.95. The minimum Gasteiger partial charge on any atom is -0.480 e. The largest absolute Gasteiger partial charge is 0.480 e. The molecule has 1 rings (SSSR count). The molecule has 0 bridgehead atoms. The van der Waals surface area contributed by atoms with Gasteiger partial charge >= 0.3 is 5.97 Å². The normalized spacial score (nSPS) is 13.5. The third-order valence-corrected chi connectivity index (χ3v) is 4.58. The zero-order chi connectivity index (χ0) is 25.0. The second-order valence-corrected chi connectivity index (χ2v) is 7.74. The summed E-state index contributed by atoms with van der Waals surface area (Å²) in [6.45, 7) is 3.16. The molecule has 0 saturated carbocycles. The van der Waals surface area contributed by atoms with E-state index in [1.807, 2.05) is 0 Å². The number of rotatable bonds is 14. The first-order valence-corrected chi connectivity index (χ1v) is 10.4. The van der Waals surface area contributed by atoms with Crippen LogP contribution in [0.5, 0.6) is 0 Å². The van der Waals surface area contributed by atoms with Crippen LogP contribution >= 0.6 is 0 Å². The van der Waals surface area contributed by atoms with E-state index in [-0.39, 0.29) is 18.3 Å². The van der Waals surface area contributed by atoms with E-state index in [2.05, 4.69) is 30.9 Å². The Kier molecular flexibility index (Phi) is 11.3. The second kappa shape index (κ2) is 13.7. The van der Waals surface area contributed by atoms with Gasteiger partial charge in [0.05, 0.1) is 12.4 Å². The molecule has 1 aromatic rings. The Hall–Kier alpha value is -3.68. The van der Waals surface area contributed by atoms with Crippen molar-refractivity contribution in [2.75, 3.05) is 13.1 Å². The molecule has 0 aliphatic rings. The van der Waals surface area contributed by atoms with Crippen LogP contribution in [-0.4, -0.2) is 75.9 Å². The van der Waals surface area contributed by atoms with E-state index in [1.165, 1.54) is 12.5 Å². The SMILES string of the molecule is CC(C)C(NC(=O)C(N)CCCN=C(N)N)C(=O)NC(Cc1cnc[nH]1)C(=O)NCC(=O)O. The lowest BCUT2D eigenvalue weighted by molar-refractivity contribution is -0.138. The number of amides is 3. The van der Waals surface area contributed by atoms with Gasteiger partial charge in [0.15, 0.2) is 5.96 Å². The van der Waals surface area contributed by atoms with E-state index in [4.69, 9.17) is 22.3 Å². The van der Waals surface area contributed by atoms with E-state index < -0.39 is 48.4 Å². The van der Waals surface area contributed by atoms with Crippen molar-refractivity contribution in [1.82, 2.24) is 25.9 Å². The quantitative estimate of drug-likeness (QED) is 0.0796. The molecule has 1 aromatic heterocycles. The molecule has 184 valence electrons. The highest BCUT2D eigenvalue weighted by Crippen LogP contribution is 2.06. The van der Waals surface area contributed by atoms with Crippen LogP contribution < -0.4 is 33.2 Å². The molecular formula is C19H33N9O5. The van der Waals surface area contributed by atoms with Crippen LogP contribution in [-0.2, 0) is 25.6 Å². The van der Waals surface area contributed by atoms with E-state index in [9.17, 15) is 19.2 Å². The minimum absolute atomic E-state index is 0.0419. The third-order valence-electron chi connectivity index (χ3n) is 4.58. The Morgan fingerprint density at radius 2 is 1.85 bits per heavy atom. The van der Waals surface area contributed by atoms with Crippen LogP contribution in [0.1, 0.15) is 32.4 Å². The molecule has 3 amide bonds. The highest BCUT2D eigenvalue weighted by atomic mass is 16.4. The molecule has 0 spiro atoms. The predicted octanol–water partition coefficient (Wildman–Crippen LogP) is -2.84. The van der Waals surface area contributed by atoms with E-state index in [0.717, 1.165) is 0 Å². The summed E-state index contributed by atoms with van der Waals surface area (Å²) in [5.41, 5.74) is 17.0. The number of aromatic amines is 1. The molecule has 11 N–H and O–H groups in total. The number of aliphatic carboxylic acids is 1. The summed E-state index contributed by atoms with van der Waals surface area (Å²) < 4.78 is 0. The maximum absolute atomic E-state index is 12.9. The zero-order valence-corrected chi connectivity index (χ0v) is 18.7. The van der Waals surface area contributed by atoms with Crippen molar-refractivity contribution in [2.24, 2.45) is 28.1 Å². The highest BCUT2D eigenvalue weighted by molar-refractivity contribution is 5.93. The molecule has 14 heteroatoms. The second-order valence-electron chi connectivity index (χ2n) is 7.74. The number of carboxylic acid groups (broad SMARTS) is 1. The highest BCUT2D eigenvalue weighted by Gasteiger charge is 2.30. The number of hydrogen-bond donors (Lipinski definition) is 8. The van der Waals surface area contributed by atoms with Gasteiger partial charge in [0.2, 0.25) is 17.7 Å². The van der Waals surface area contributed by atoms with Crippen molar-refractivity contribution in [3.05, 3.63) is 18.2 Å². The van der Waals surface area contributed by atoms with E-state index in [0.29, 0.717) is 25.1 Å². The zero-order valence-electron chi connectivity index (χ0n) is 18.7. The first kappa shape index (κ1) is 27.4. The van der Waals surface area contributed by atoms with Crippen molar-refractivity contribution < 1.29 is 24.3 Å². The van der Waals surface area contributed by atoms with E-state index >= 15 is 0 Å². The lowest BCUT2D eigenvalue weighted by Crippen LogP contribution is -2.58. The third kappa shape index (κ3) is 10.5. The van der Waals surface area contributed by atoms with Crippen LogP contribution in [0.2, 0.25) is 0 Å². The molecular weight excluding hydrogens is 434 g/mol. The Labute approximate surface area is 191 Å². The number of guanidine groups is 1. The number of nitrogens with zero attached hydrogens (tertiary/aromatic N) is 2. The lowest BCUT2D eigenvalue weighted by atomic mass is 10.0. The van der Waals surface area contributed by atoms with Crippen LogP contribution in [0.15, 0.2) is 17.5 Å². The topological polar surface area (TPSA) is 244 Å². The Morgan fingerprint density at radius 3 is 2.39 bits per heavy atom. The van der Waals surface area contributed by atoms with Gasteiger partial charge in [-0.3, -0.25) is 24.2 Å². The number of carbonyl (C=O) groups excluding carboxylic acids is 3.